The van der Waals surface area contributed by atoms with Crippen LogP contribution in [0.2, 0.25) is 6.32 Å². The van der Waals surface area contributed by atoms with E-state index in [1.807, 2.05) is 0 Å². The summed E-state index contributed by atoms with van der Waals surface area (Å²) in [6, 6.07) is 20.9. The molecule has 16 nitrogen and oxygen atoms in total. The second-order valence-corrected chi connectivity index (χ2v) is 15.8. The van der Waals surface area contributed by atoms with Crippen LogP contribution in [0.5, 0.6) is 11.5 Å². The van der Waals surface area contributed by atoms with Gasteiger partial charge in [0.1, 0.15) is 24.7 Å². The molecule has 0 aromatic heterocycles. The average molecular weight is 976 g/mol. The second kappa shape index (κ2) is 27.9. The Labute approximate surface area is 391 Å². The van der Waals surface area contributed by atoms with Gasteiger partial charge in [-0.05, 0) is 90.0 Å². The van der Waals surface area contributed by atoms with Crippen molar-refractivity contribution in [2.45, 2.75) is 83.4 Å². The molecule has 0 aliphatic carbocycles. The molecule has 350 valence electrons. The van der Waals surface area contributed by atoms with Crippen LogP contribution in [0.15, 0.2) is 72.8 Å². The Hall–Kier alpha value is -6.30. The first-order valence-electron chi connectivity index (χ1n) is 21.5. The number of unbranched alkanes of at least 4 members (excludes halogenated alkanes) is 4. The molecule has 4 rings (SSSR count). The van der Waals surface area contributed by atoms with Gasteiger partial charge in [-0.15, -0.1) is 0 Å². The molecule has 18 heteroatoms. The lowest BCUT2D eigenvalue weighted by atomic mass is 9.98. The molecule has 0 spiro atoms. The van der Waals surface area contributed by atoms with E-state index in [-0.39, 0.29) is 11.9 Å². The Bertz CT molecular complexity index is 2170. The van der Waals surface area contributed by atoms with Crippen LogP contribution in [0.3, 0.4) is 0 Å². The Morgan fingerprint density at radius 2 is 0.833 bits per heavy atom. The van der Waals surface area contributed by atoms with Crippen molar-refractivity contribution in [3.63, 3.8) is 0 Å². The van der Waals surface area contributed by atoms with E-state index in [1.54, 1.807) is 86.6 Å². The third kappa shape index (κ3) is 18.3. The molecule has 66 heavy (non-hydrogen) atoms. The number of carbonyl (C=O) groups excluding carboxylic acids is 8. The van der Waals surface area contributed by atoms with Gasteiger partial charge in [-0.25, -0.2) is 19.2 Å². The van der Waals surface area contributed by atoms with Gasteiger partial charge in [-0.3, -0.25) is 19.2 Å². The van der Waals surface area contributed by atoms with E-state index in [4.69, 9.17) is 45.7 Å². The van der Waals surface area contributed by atoms with Crippen LogP contribution in [-0.2, 0) is 66.8 Å². The molecule has 0 fully saturated rings. The van der Waals surface area contributed by atoms with Gasteiger partial charge in [0.05, 0.1) is 19.7 Å². The van der Waals surface area contributed by atoms with E-state index in [1.165, 1.54) is 0 Å². The fraction of sp³-hybridized carbons (Fsp3) is 0.417. The van der Waals surface area contributed by atoms with Crippen molar-refractivity contribution in [2.75, 3.05) is 45.0 Å². The highest BCUT2D eigenvalue weighted by Gasteiger charge is 2.22. The fourth-order valence-electron chi connectivity index (χ4n) is 6.19. The highest BCUT2D eigenvalue weighted by atomic mass is 79.9. The summed E-state index contributed by atoms with van der Waals surface area (Å²) < 4.78 is 40.3. The smallest absolute Gasteiger partial charge is 0.344 e. The van der Waals surface area contributed by atoms with Crippen LogP contribution >= 0.6 is 15.9 Å². The Balaban J connectivity index is 1.05. The number of hydrogen-bond acceptors (Lipinski definition) is 16. The molecule has 0 bridgehead atoms. The molecule has 2 unspecified atom stereocenters. The molecule has 0 aliphatic rings. The quantitative estimate of drug-likeness (QED) is 0.0146. The zero-order valence-electron chi connectivity index (χ0n) is 36.9. The van der Waals surface area contributed by atoms with Crippen LogP contribution in [0.25, 0.3) is 21.5 Å². The molecule has 2 atom stereocenters. The van der Waals surface area contributed by atoms with Crippen LogP contribution < -0.4 is 9.47 Å². The van der Waals surface area contributed by atoms with E-state index >= 15 is 0 Å². The van der Waals surface area contributed by atoms with Gasteiger partial charge in [0.25, 0.3) is 0 Å². The van der Waals surface area contributed by atoms with Crippen molar-refractivity contribution in [1.29, 1.82) is 0 Å². The molecule has 0 N–H and O–H groups in total. The minimum atomic E-state index is -1.00. The Morgan fingerprint density at radius 1 is 0.455 bits per heavy atom. The lowest BCUT2D eigenvalue weighted by Gasteiger charge is -2.13. The summed E-state index contributed by atoms with van der Waals surface area (Å²) in [4.78, 5) is 97.9. The summed E-state index contributed by atoms with van der Waals surface area (Å²) in [5, 5.41) is 4.06. The molecule has 0 heterocycles. The van der Waals surface area contributed by atoms with Crippen LogP contribution in [0.1, 0.15) is 88.2 Å². The fourth-order valence-corrected chi connectivity index (χ4v) is 6.58. The Kier molecular flexibility index (Phi) is 22.1. The zero-order chi connectivity index (χ0) is 47.8. The first-order chi connectivity index (χ1) is 31.8. The predicted molar refractivity (Wildman–Crippen MR) is 243 cm³/mol. The minimum Gasteiger partial charge on any atom is -0.460 e. The number of esters is 8. The number of rotatable bonds is 27. The van der Waals surface area contributed by atoms with Gasteiger partial charge >= 0.3 is 47.8 Å². The van der Waals surface area contributed by atoms with Crippen LogP contribution in [0, 0.1) is 0 Å². The van der Waals surface area contributed by atoms with Crippen molar-refractivity contribution in [3.05, 3.63) is 83.9 Å². The maximum Gasteiger partial charge on any atom is 0.344 e. The normalized spacial score (nSPS) is 11.7. The van der Waals surface area contributed by atoms with Crippen molar-refractivity contribution >= 4 is 93.1 Å². The molecule has 0 aliphatic heterocycles. The summed E-state index contributed by atoms with van der Waals surface area (Å²) >= 11 is 3.37. The van der Waals surface area contributed by atoms with Crippen molar-refractivity contribution in [2.24, 2.45) is 0 Å². The molecular formula is C48H52BBrO16. The van der Waals surface area contributed by atoms with E-state index < -0.39 is 87.3 Å². The third-order valence-corrected chi connectivity index (χ3v) is 10.5. The molecule has 0 amide bonds. The summed E-state index contributed by atoms with van der Waals surface area (Å²) in [6.07, 6.45) is 6.26. The van der Waals surface area contributed by atoms with Gasteiger partial charge in [0.15, 0.2) is 26.4 Å². The number of alkyl halides is 1. The number of ether oxygens (including phenoxy) is 8. The average Bonchev–Trinajstić information content (AvgIpc) is 3.31. The monoisotopic (exact) mass is 974 g/mol. The maximum absolute atomic E-state index is 12.7. The molecule has 0 saturated heterocycles. The predicted octanol–water partition coefficient (Wildman–Crippen LogP) is 7.07. The zero-order valence-corrected chi connectivity index (χ0v) is 38.5. The van der Waals surface area contributed by atoms with Crippen LogP contribution in [0.4, 0.5) is 0 Å². The summed E-state index contributed by atoms with van der Waals surface area (Å²) in [5.74, 6) is -6.66. The number of benzene rings is 4. The summed E-state index contributed by atoms with van der Waals surface area (Å²) in [6.45, 7) is -0.727. The lowest BCUT2D eigenvalue weighted by molar-refractivity contribution is -0.168. The molecule has 2 radical (unpaired) electrons. The number of halogens is 1. The second-order valence-electron chi connectivity index (χ2n) is 15.0. The van der Waals surface area contributed by atoms with E-state index in [0.29, 0.717) is 48.2 Å². The van der Waals surface area contributed by atoms with E-state index in [0.717, 1.165) is 59.0 Å². The minimum absolute atomic E-state index is 0.295. The van der Waals surface area contributed by atoms with Gasteiger partial charge in [0.2, 0.25) is 0 Å². The van der Waals surface area contributed by atoms with Gasteiger partial charge in [-0.1, -0.05) is 90.0 Å². The van der Waals surface area contributed by atoms with Gasteiger partial charge < -0.3 is 37.9 Å². The van der Waals surface area contributed by atoms with E-state index in [9.17, 15) is 38.4 Å². The number of fused-ring (bicyclic) bond motifs is 2. The SMILES string of the molecule is [B]CCCCCC(=O)Oc1ccc2cc(C(C)C(=O)OCC(=O)OCC(=O)OCCOC(=O)COC(=O)COC(=O)C(C)c3ccc4cc(OC(=O)CCCCCBr)ccc4c3)ccc2c1. The number of carbonyl (C=O) groups is 8. The van der Waals surface area contributed by atoms with Crippen molar-refractivity contribution < 1.29 is 76.3 Å². The molecular weight excluding hydrogens is 923 g/mol. The summed E-state index contributed by atoms with van der Waals surface area (Å²) in [7, 11) is 5.48. The molecule has 4 aromatic rings. The van der Waals surface area contributed by atoms with Gasteiger partial charge in [0, 0.05) is 18.2 Å². The molecule has 0 saturated carbocycles. The highest BCUT2D eigenvalue weighted by Crippen LogP contribution is 2.28. The standard InChI is InChI=1S/C48H52BBrO16/c1-31(33-11-13-37-25-39(17-15-35(37)23-33)65-41(51)9-5-3-7-19-49)47(57)63-29-45(55)61-27-43(53)59-21-22-60-44(54)28-62-46(56)30-64-48(58)32(2)34-12-14-38-26-40(18-16-36(38)24-34)66-42(52)10-6-4-8-20-50/h11-18,23-26,31-32H,3-10,19-22,27-30H2,1-2H3. The first kappa shape index (κ1) is 52.3. The van der Waals surface area contributed by atoms with Crippen molar-refractivity contribution in [1.82, 2.24) is 0 Å². The van der Waals surface area contributed by atoms with Crippen molar-refractivity contribution in [3.8, 4) is 11.5 Å². The summed E-state index contributed by atoms with van der Waals surface area (Å²) in [5.41, 5.74) is 1.23. The van der Waals surface area contributed by atoms with Crippen LogP contribution in [-0.4, -0.2) is 101 Å². The van der Waals surface area contributed by atoms with Gasteiger partial charge in [-0.2, -0.15) is 0 Å². The first-order valence-corrected chi connectivity index (χ1v) is 22.6. The maximum atomic E-state index is 12.7. The largest absolute Gasteiger partial charge is 0.460 e. The Morgan fingerprint density at radius 3 is 1.26 bits per heavy atom. The lowest BCUT2D eigenvalue weighted by Crippen LogP contribution is -2.25. The topological polar surface area (TPSA) is 210 Å². The molecule has 4 aromatic carbocycles. The third-order valence-electron chi connectivity index (χ3n) is 9.92. The van der Waals surface area contributed by atoms with E-state index in [2.05, 4.69) is 15.9 Å². The highest BCUT2D eigenvalue weighted by molar-refractivity contribution is 9.09. The number of hydrogen-bond donors (Lipinski definition) is 0.